The molecule has 0 saturated heterocycles. The normalized spacial score (nSPS) is 10.6. The van der Waals surface area contributed by atoms with Gasteiger partial charge in [0.25, 0.3) is 0 Å². The van der Waals surface area contributed by atoms with Crippen LogP contribution in [0.5, 0.6) is 0 Å². The maximum atomic E-state index is 6.17. The van der Waals surface area contributed by atoms with Crippen molar-refractivity contribution in [1.82, 2.24) is 9.97 Å². The van der Waals surface area contributed by atoms with Crippen molar-refractivity contribution in [2.75, 3.05) is 5.43 Å². The first-order valence-electron chi connectivity index (χ1n) is 6.43. The van der Waals surface area contributed by atoms with E-state index in [1.54, 1.807) is 11.8 Å². The van der Waals surface area contributed by atoms with Crippen LogP contribution in [-0.2, 0) is 12.2 Å². The number of nitrogens with zero attached hydrogens (tertiary/aromatic N) is 2. The second-order valence-corrected chi connectivity index (χ2v) is 5.65. The molecular formula is C14H17ClN4S. The van der Waals surface area contributed by atoms with Crippen molar-refractivity contribution < 1.29 is 0 Å². The van der Waals surface area contributed by atoms with Crippen LogP contribution in [0.3, 0.4) is 0 Å². The number of nitrogens with two attached hydrogens (primary N) is 1. The molecule has 0 fully saturated rings. The van der Waals surface area contributed by atoms with Crippen LogP contribution in [0.15, 0.2) is 35.6 Å². The minimum absolute atomic E-state index is 0.698. The summed E-state index contributed by atoms with van der Waals surface area (Å²) in [5.74, 6) is 6.98. The van der Waals surface area contributed by atoms with Crippen molar-refractivity contribution in [2.45, 2.75) is 30.5 Å². The number of halogens is 1. The maximum Gasteiger partial charge on any atom is 0.147 e. The van der Waals surface area contributed by atoms with Gasteiger partial charge in [-0.1, -0.05) is 43.1 Å². The van der Waals surface area contributed by atoms with Gasteiger partial charge in [-0.2, -0.15) is 0 Å². The number of thioether (sulfide) groups is 1. The highest BCUT2D eigenvalue weighted by molar-refractivity contribution is 7.98. The Morgan fingerprint density at radius 1 is 1.30 bits per heavy atom. The number of nitrogens with one attached hydrogen (secondary N) is 1. The van der Waals surface area contributed by atoms with Gasteiger partial charge in [0.1, 0.15) is 17.2 Å². The third-order valence-corrected chi connectivity index (χ3v) is 4.31. The number of nitrogen functional groups attached to an aromatic ring is 1. The molecule has 0 atom stereocenters. The Balaban J connectivity index is 2.19. The molecule has 3 N–H and O–H groups in total. The molecule has 1 aromatic heterocycles. The first kappa shape index (κ1) is 15.1. The number of rotatable bonds is 6. The molecule has 0 bridgehead atoms. The molecule has 6 heteroatoms. The van der Waals surface area contributed by atoms with Gasteiger partial charge >= 0.3 is 0 Å². The molecule has 0 saturated carbocycles. The van der Waals surface area contributed by atoms with E-state index in [-0.39, 0.29) is 0 Å². The number of hydrogen-bond donors (Lipinski definition) is 2. The Bertz CT molecular complexity index is 577. The zero-order valence-electron chi connectivity index (χ0n) is 11.3. The summed E-state index contributed by atoms with van der Waals surface area (Å²) >= 11 is 7.82. The topological polar surface area (TPSA) is 63.8 Å². The molecular weight excluding hydrogens is 292 g/mol. The van der Waals surface area contributed by atoms with Gasteiger partial charge in [0.2, 0.25) is 0 Å². The lowest BCUT2D eigenvalue weighted by molar-refractivity contribution is 0.856. The van der Waals surface area contributed by atoms with Gasteiger partial charge in [0.15, 0.2) is 0 Å². The molecule has 0 amide bonds. The van der Waals surface area contributed by atoms with Crippen LogP contribution >= 0.6 is 23.4 Å². The van der Waals surface area contributed by atoms with Crippen molar-refractivity contribution in [1.29, 1.82) is 0 Å². The predicted octanol–water partition coefficient (Wildman–Crippen LogP) is 3.66. The standard InChI is InChI=1S/C14H17ClN4S/c1-2-5-11-13(19-16)17-9-18-14(11)20-8-10-6-3-4-7-12(10)15/h3-4,6-7,9H,2,5,8,16H2,1H3,(H,17,18,19). The molecule has 0 unspecified atom stereocenters. The molecule has 106 valence electrons. The van der Waals surface area contributed by atoms with Crippen molar-refractivity contribution in [3.05, 3.63) is 46.7 Å². The molecule has 4 nitrogen and oxygen atoms in total. The Labute approximate surface area is 128 Å². The Kier molecular flexibility index (Phi) is 5.64. The van der Waals surface area contributed by atoms with Crippen LogP contribution in [0, 0.1) is 0 Å². The zero-order chi connectivity index (χ0) is 14.4. The van der Waals surface area contributed by atoms with E-state index in [4.69, 9.17) is 17.4 Å². The second kappa shape index (κ2) is 7.47. The Morgan fingerprint density at radius 3 is 2.80 bits per heavy atom. The van der Waals surface area contributed by atoms with Crippen LogP contribution in [0.25, 0.3) is 0 Å². The Morgan fingerprint density at radius 2 is 2.10 bits per heavy atom. The lowest BCUT2D eigenvalue weighted by atomic mass is 10.2. The quantitative estimate of drug-likeness (QED) is 0.369. The van der Waals surface area contributed by atoms with E-state index < -0.39 is 0 Å². The number of aromatic nitrogens is 2. The van der Waals surface area contributed by atoms with Gasteiger partial charge in [-0.05, 0) is 18.1 Å². The van der Waals surface area contributed by atoms with Crippen LogP contribution in [0.4, 0.5) is 5.82 Å². The fourth-order valence-corrected chi connectivity index (χ4v) is 3.20. The van der Waals surface area contributed by atoms with E-state index >= 15 is 0 Å². The fourth-order valence-electron chi connectivity index (χ4n) is 1.88. The summed E-state index contributed by atoms with van der Waals surface area (Å²) in [6.45, 7) is 2.12. The molecule has 0 aliphatic heterocycles. The van der Waals surface area contributed by atoms with Gasteiger partial charge in [0.05, 0.1) is 0 Å². The van der Waals surface area contributed by atoms with Crippen molar-refractivity contribution in [3.63, 3.8) is 0 Å². The maximum absolute atomic E-state index is 6.17. The summed E-state index contributed by atoms with van der Waals surface area (Å²) < 4.78 is 0. The number of benzene rings is 1. The van der Waals surface area contributed by atoms with E-state index in [1.165, 1.54) is 6.33 Å². The van der Waals surface area contributed by atoms with E-state index in [0.29, 0.717) is 5.82 Å². The molecule has 2 rings (SSSR count). The minimum Gasteiger partial charge on any atom is -0.308 e. The first-order chi connectivity index (χ1) is 9.76. The van der Waals surface area contributed by atoms with Gasteiger partial charge in [0, 0.05) is 16.3 Å². The van der Waals surface area contributed by atoms with Crippen molar-refractivity contribution >= 4 is 29.2 Å². The molecule has 2 aromatic rings. The van der Waals surface area contributed by atoms with Gasteiger partial charge in [-0.3, -0.25) is 0 Å². The summed E-state index contributed by atoms with van der Waals surface area (Å²) in [5, 5.41) is 1.73. The van der Waals surface area contributed by atoms with Crippen LogP contribution < -0.4 is 11.3 Å². The summed E-state index contributed by atoms with van der Waals surface area (Å²) in [6.07, 6.45) is 3.44. The molecule has 20 heavy (non-hydrogen) atoms. The van der Waals surface area contributed by atoms with Crippen molar-refractivity contribution in [3.8, 4) is 0 Å². The molecule has 0 aliphatic rings. The summed E-state index contributed by atoms with van der Waals surface area (Å²) in [4.78, 5) is 8.53. The molecule has 1 heterocycles. The predicted molar refractivity (Wildman–Crippen MR) is 84.9 cm³/mol. The summed E-state index contributed by atoms with van der Waals surface area (Å²) in [6, 6.07) is 7.84. The molecule has 0 radical (unpaired) electrons. The van der Waals surface area contributed by atoms with Crippen molar-refractivity contribution in [2.24, 2.45) is 5.84 Å². The average molecular weight is 309 g/mol. The molecule has 0 aliphatic carbocycles. The zero-order valence-corrected chi connectivity index (χ0v) is 12.8. The van der Waals surface area contributed by atoms with E-state index in [2.05, 4.69) is 22.3 Å². The minimum atomic E-state index is 0.698. The monoisotopic (exact) mass is 308 g/mol. The first-order valence-corrected chi connectivity index (χ1v) is 7.79. The van der Waals surface area contributed by atoms with E-state index in [1.807, 2.05) is 24.3 Å². The lowest BCUT2D eigenvalue weighted by Gasteiger charge is -2.11. The summed E-state index contributed by atoms with van der Waals surface area (Å²) in [7, 11) is 0. The van der Waals surface area contributed by atoms with Crippen LogP contribution in [-0.4, -0.2) is 9.97 Å². The van der Waals surface area contributed by atoms with Gasteiger partial charge < -0.3 is 5.43 Å². The van der Waals surface area contributed by atoms with E-state index in [0.717, 1.165) is 39.8 Å². The number of hydrazine groups is 1. The average Bonchev–Trinajstić information content (AvgIpc) is 2.47. The SMILES string of the molecule is CCCc1c(NN)ncnc1SCc1ccccc1Cl. The van der Waals surface area contributed by atoms with E-state index in [9.17, 15) is 0 Å². The smallest absolute Gasteiger partial charge is 0.147 e. The highest BCUT2D eigenvalue weighted by atomic mass is 35.5. The fraction of sp³-hybridized carbons (Fsp3) is 0.286. The molecule has 0 spiro atoms. The number of anilines is 1. The molecule has 1 aromatic carbocycles. The van der Waals surface area contributed by atoms with Crippen LogP contribution in [0.1, 0.15) is 24.5 Å². The van der Waals surface area contributed by atoms with Gasteiger partial charge in [-0.15, -0.1) is 11.8 Å². The summed E-state index contributed by atoms with van der Waals surface area (Å²) in [5.41, 5.74) is 4.80. The highest BCUT2D eigenvalue weighted by Crippen LogP contribution is 2.30. The third kappa shape index (κ3) is 3.62. The highest BCUT2D eigenvalue weighted by Gasteiger charge is 2.11. The third-order valence-electron chi connectivity index (χ3n) is 2.86. The van der Waals surface area contributed by atoms with Crippen LogP contribution in [0.2, 0.25) is 5.02 Å². The largest absolute Gasteiger partial charge is 0.308 e. The number of hydrogen-bond acceptors (Lipinski definition) is 5. The lowest BCUT2D eigenvalue weighted by Crippen LogP contribution is -2.12. The Hall–Kier alpha value is -1.30. The second-order valence-electron chi connectivity index (χ2n) is 4.28. The van der Waals surface area contributed by atoms with Gasteiger partial charge in [-0.25, -0.2) is 15.8 Å².